The second kappa shape index (κ2) is 8.13. The molecule has 9 nitrogen and oxygen atoms in total. The molecule has 3 atom stereocenters. The lowest BCUT2D eigenvalue weighted by Gasteiger charge is -2.19. The van der Waals surface area contributed by atoms with Gasteiger partial charge >= 0.3 is 12.3 Å². The molecule has 3 aromatic heterocycles. The third-order valence-electron chi connectivity index (χ3n) is 6.23. The van der Waals surface area contributed by atoms with Crippen LogP contribution in [0.2, 0.25) is 0 Å². The van der Waals surface area contributed by atoms with Crippen LogP contribution in [0.1, 0.15) is 49.9 Å². The lowest BCUT2D eigenvalue weighted by atomic mass is 10.0. The summed E-state index contributed by atoms with van der Waals surface area (Å²) in [7, 11) is 0. The lowest BCUT2D eigenvalue weighted by molar-refractivity contribution is -0.127. The van der Waals surface area contributed by atoms with E-state index < -0.39 is 36.9 Å². The first-order valence-corrected chi connectivity index (χ1v) is 10.9. The third-order valence-corrected chi connectivity index (χ3v) is 6.23. The Kier molecular flexibility index (Phi) is 5.36. The van der Waals surface area contributed by atoms with Gasteiger partial charge in [-0.1, -0.05) is 0 Å². The Hall–Kier alpha value is -3.38. The summed E-state index contributed by atoms with van der Waals surface area (Å²) in [6.45, 7) is 1.91. The van der Waals surface area contributed by atoms with Gasteiger partial charge < -0.3 is 15.4 Å². The van der Waals surface area contributed by atoms with Gasteiger partial charge in [0.25, 0.3) is 0 Å². The van der Waals surface area contributed by atoms with Crippen molar-refractivity contribution in [3.8, 4) is 0 Å². The van der Waals surface area contributed by atoms with Crippen LogP contribution in [-0.2, 0) is 11.2 Å². The molecule has 34 heavy (non-hydrogen) atoms. The van der Waals surface area contributed by atoms with Crippen LogP contribution < -0.4 is 10.6 Å². The Labute approximate surface area is 191 Å². The van der Waals surface area contributed by atoms with Crippen molar-refractivity contribution in [2.45, 2.75) is 68.9 Å². The number of alkyl carbamates (subject to hydrolysis) is 1. The Balaban J connectivity index is 1.25. The van der Waals surface area contributed by atoms with Crippen LogP contribution in [0.3, 0.4) is 0 Å². The Morgan fingerprint density at radius 1 is 1.32 bits per heavy atom. The van der Waals surface area contributed by atoms with Gasteiger partial charge in [-0.05, 0) is 38.7 Å². The van der Waals surface area contributed by atoms with Crippen molar-refractivity contribution < 1.29 is 27.1 Å². The summed E-state index contributed by atoms with van der Waals surface area (Å²) in [6, 6.07) is 2.92. The number of amides is 1. The largest absolute Gasteiger partial charge is 0.443 e. The van der Waals surface area contributed by atoms with Gasteiger partial charge in [0.1, 0.15) is 17.8 Å². The van der Waals surface area contributed by atoms with E-state index >= 15 is 4.39 Å². The molecule has 0 spiro atoms. The predicted molar refractivity (Wildman–Crippen MR) is 113 cm³/mol. The Morgan fingerprint density at radius 3 is 2.85 bits per heavy atom. The maximum atomic E-state index is 15.0. The van der Waals surface area contributed by atoms with Gasteiger partial charge in [-0.25, -0.2) is 18.7 Å². The molecule has 2 aliphatic carbocycles. The third kappa shape index (κ3) is 4.77. The van der Waals surface area contributed by atoms with Crippen LogP contribution in [0.25, 0.3) is 5.52 Å². The quantitative estimate of drug-likeness (QED) is 0.456. The fraction of sp³-hybridized carbons (Fsp3) is 0.524. The summed E-state index contributed by atoms with van der Waals surface area (Å²) < 4.78 is 59.8. The molecular formula is C21H23F4N7O2. The van der Waals surface area contributed by atoms with Gasteiger partial charge in [0, 0.05) is 35.6 Å². The second-order valence-electron chi connectivity index (χ2n) is 9.12. The summed E-state index contributed by atoms with van der Waals surface area (Å²) in [4.78, 5) is 16.2. The molecule has 13 heteroatoms. The number of hydrogen-bond donors (Lipinski definition) is 3. The van der Waals surface area contributed by atoms with Crippen LogP contribution in [0.15, 0.2) is 24.5 Å². The highest BCUT2D eigenvalue weighted by molar-refractivity contribution is 5.72. The van der Waals surface area contributed by atoms with E-state index in [2.05, 4.69) is 30.9 Å². The minimum absolute atomic E-state index is 0.136. The van der Waals surface area contributed by atoms with E-state index in [9.17, 15) is 18.0 Å². The highest BCUT2D eigenvalue weighted by Gasteiger charge is 2.43. The number of H-pyrrole nitrogens is 1. The molecule has 3 N–H and O–H groups in total. The van der Waals surface area contributed by atoms with Crippen molar-refractivity contribution in [1.82, 2.24) is 30.1 Å². The van der Waals surface area contributed by atoms with E-state index in [1.165, 1.54) is 23.0 Å². The number of aromatic amines is 1. The molecule has 0 aromatic carbocycles. The van der Waals surface area contributed by atoms with Crippen molar-refractivity contribution in [3.63, 3.8) is 0 Å². The zero-order valence-electron chi connectivity index (χ0n) is 18.2. The number of carbonyl (C=O) groups excluding carboxylic acids is 1. The van der Waals surface area contributed by atoms with E-state index in [0.29, 0.717) is 29.9 Å². The SMILES string of the molecule is CC1(NC(=O)O[C@@H]2CC[C@H](c3cc(Nc4nccn5nc(CC(F)(F)F)cc45)n[nH]3)[C@H]2F)CC1. The first kappa shape index (κ1) is 22.4. The zero-order chi connectivity index (χ0) is 24.1. The minimum atomic E-state index is -4.38. The Bertz CT molecular complexity index is 1200. The molecule has 3 heterocycles. The topological polar surface area (TPSA) is 109 Å². The smallest absolute Gasteiger partial charge is 0.407 e. The standard InChI is InChI=1S/C21H23F4N7O2/c1-20(4-5-20)28-19(33)34-15-3-2-12(17(15)22)13-9-16(30-29-13)27-18-14-8-11(10-21(23,24)25)31-32(14)7-6-26-18/h6-9,12,15,17H,2-5,10H2,1H3,(H,28,33)(H2,26,27,29,30)/t12-,15-,17-/m1/s1. The molecule has 2 fully saturated rings. The van der Waals surface area contributed by atoms with E-state index in [4.69, 9.17) is 4.74 Å². The zero-order valence-corrected chi connectivity index (χ0v) is 18.2. The maximum Gasteiger partial charge on any atom is 0.407 e. The van der Waals surface area contributed by atoms with Gasteiger partial charge in [0.05, 0.1) is 12.1 Å². The minimum Gasteiger partial charge on any atom is -0.443 e. The second-order valence-corrected chi connectivity index (χ2v) is 9.12. The van der Waals surface area contributed by atoms with Gasteiger partial charge in [-0.3, -0.25) is 5.10 Å². The van der Waals surface area contributed by atoms with Gasteiger partial charge in [0.2, 0.25) is 0 Å². The summed E-state index contributed by atoms with van der Waals surface area (Å²) in [5, 5.41) is 16.6. The van der Waals surface area contributed by atoms with Gasteiger partial charge in [-0.15, -0.1) is 0 Å². The van der Waals surface area contributed by atoms with Crippen molar-refractivity contribution >= 4 is 23.2 Å². The summed E-state index contributed by atoms with van der Waals surface area (Å²) in [6.07, 6.45) is -2.92. The first-order valence-electron chi connectivity index (χ1n) is 10.9. The van der Waals surface area contributed by atoms with Crippen LogP contribution >= 0.6 is 0 Å². The molecule has 0 radical (unpaired) electrons. The number of rotatable bonds is 6. The average molecular weight is 481 g/mol. The molecule has 0 saturated heterocycles. The van der Waals surface area contributed by atoms with Crippen LogP contribution in [-0.4, -0.2) is 54.9 Å². The number of fused-ring (bicyclic) bond motifs is 1. The number of halogens is 4. The molecule has 0 bridgehead atoms. The number of anilines is 2. The molecule has 1 amide bonds. The molecule has 0 aliphatic heterocycles. The summed E-state index contributed by atoms with van der Waals surface area (Å²) in [5.74, 6) is 0.0516. The van der Waals surface area contributed by atoms with Crippen molar-refractivity contribution in [1.29, 1.82) is 0 Å². The number of ether oxygens (including phenoxy) is 1. The van der Waals surface area contributed by atoms with E-state index in [1.54, 1.807) is 6.07 Å². The molecule has 2 saturated carbocycles. The van der Waals surface area contributed by atoms with E-state index in [1.807, 2.05) is 6.92 Å². The van der Waals surface area contributed by atoms with Crippen molar-refractivity contribution in [2.75, 3.05) is 5.32 Å². The number of nitrogens with zero attached hydrogens (tertiary/aromatic N) is 4. The fourth-order valence-corrected chi connectivity index (χ4v) is 4.17. The predicted octanol–water partition coefficient (Wildman–Crippen LogP) is 4.16. The number of aromatic nitrogens is 5. The van der Waals surface area contributed by atoms with Gasteiger partial charge in [0.15, 0.2) is 11.6 Å². The average Bonchev–Trinajstić information content (AvgIpc) is 3.10. The van der Waals surface area contributed by atoms with E-state index in [-0.39, 0.29) is 17.1 Å². The van der Waals surface area contributed by atoms with Crippen molar-refractivity contribution in [2.24, 2.45) is 0 Å². The van der Waals surface area contributed by atoms with Crippen LogP contribution in [0.4, 0.5) is 34.0 Å². The number of hydrogen-bond acceptors (Lipinski definition) is 6. The normalized spacial score (nSPS) is 23.7. The Morgan fingerprint density at radius 2 is 2.12 bits per heavy atom. The number of alkyl halides is 4. The molecular weight excluding hydrogens is 458 g/mol. The van der Waals surface area contributed by atoms with Crippen molar-refractivity contribution in [3.05, 3.63) is 35.9 Å². The molecule has 5 rings (SSSR count). The highest BCUT2D eigenvalue weighted by Crippen LogP contribution is 2.39. The monoisotopic (exact) mass is 481 g/mol. The number of nitrogens with one attached hydrogen (secondary N) is 3. The van der Waals surface area contributed by atoms with Gasteiger partial charge in [-0.2, -0.15) is 23.4 Å². The summed E-state index contributed by atoms with van der Waals surface area (Å²) in [5.41, 5.74) is 0.488. The molecule has 2 aliphatic rings. The molecule has 3 aromatic rings. The maximum absolute atomic E-state index is 15.0. The molecule has 182 valence electrons. The van der Waals surface area contributed by atoms with Crippen LogP contribution in [0, 0.1) is 0 Å². The number of carbonyl (C=O) groups is 1. The van der Waals surface area contributed by atoms with Crippen LogP contribution in [0.5, 0.6) is 0 Å². The van der Waals surface area contributed by atoms with E-state index in [0.717, 1.165) is 12.8 Å². The molecule has 0 unspecified atom stereocenters. The summed E-state index contributed by atoms with van der Waals surface area (Å²) >= 11 is 0. The first-order chi connectivity index (χ1) is 16.1. The lowest BCUT2D eigenvalue weighted by Crippen LogP contribution is -2.38. The highest BCUT2D eigenvalue weighted by atomic mass is 19.4. The fourth-order valence-electron chi connectivity index (χ4n) is 4.17.